The van der Waals surface area contributed by atoms with Crippen molar-refractivity contribution < 1.29 is 19.1 Å². The SMILES string of the molecule is O=C1C/C(=C/c2ccc3c(c2)OCO3)C(=O)N1. The maximum absolute atomic E-state index is 11.4. The molecule has 86 valence electrons. The first-order valence-electron chi connectivity index (χ1n) is 5.17. The molecule has 1 aromatic rings. The lowest BCUT2D eigenvalue weighted by molar-refractivity contribution is -0.124. The van der Waals surface area contributed by atoms with Gasteiger partial charge in [0.05, 0.1) is 6.42 Å². The van der Waals surface area contributed by atoms with Crippen LogP contribution >= 0.6 is 0 Å². The molecule has 3 rings (SSSR count). The fourth-order valence-electron chi connectivity index (χ4n) is 1.83. The molecule has 2 amide bonds. The number of rotatable bonds is 1. The van der Waals surface area contributed by atoms with Crippen LogP contribution in [0, 0.1) is 0 Å². The van der Waals surface area contributed by atoms with Crippen LogP contribution in [0.15, 0.2) is 23.8 Å². The zero-order valence-electron chi connectivity index (χ0n) is 8.86. The molecule has 1 N–H and O–H groups in total. The van der Waals surface area contributed by atoms with Crippen LogP contribution in [0.4, 0.5) is 0 Å². The molecule has 0 bridgehead atoms. The summed E-state index contributed by atoms with van der Waals surface area (Å²) >= 11 is 0. The second kappa shape index (κ2) is 3.62. The van der Waals surface area contributed by atoms with Gasteiger partial charge in [0.25, 0.3) is 5.91 Å². The lowest BCUT2D eigenvalue weighted by Gasteiger charge is -1.98. The Balaban J connectivity index is 1.93. The number of carbonyl (C=O) groups excluding carboxylic acids is 2. The van der Waals surface area contributed by atoms with Crippen molar-refractivity contribution >= 4 is 17.9 Å². The summed E-state index contributed by atoms with van der Waals surface area (Å²) in [5.41, 5.74) is 1.28. The number of carbonyl (C=O) groups is 2. The summed E-state index contributed by atoms with van der Waals surface area (Å²) in [6, 6.07) is 5.38. The minimum Gasteiger partial charge on any atom is -0.454 e. The second-order valence-corrected chi connectivity index (χ2v) is 3.84. The van der Waals surface area contributed by atoms with Crippen molar-refractivity contribution in [3.05, 3.63) is 29.3 Å². The van der Waals surface area contributed by atoms with Crippen molar-refractivity contribution in [1.82, 2.24) is 5.32 Å². The molecule has 1 aromatic carbocycles. The first kappa shape index (κ1) is 9.89. The summed E-state index contributed by atoms with van der Waals surface area (Å²) in [6.45, 7) is 0.217. The molecule has 0 saturated carbocycles. The Kier molecular flexibility index (Phi) is 2.11. The normalized spacial score (nSPS) is 19.9. The molecule has 5 heteroatoms. The highest BCUT2D eigenvalue weighted by Crippen LogP contribution is 2.33. The highest BCUT2D eigenvalue weighted by molar-refractivity contribution is 6.15. The van der Waals surface area contributed by atoms with E-state index in [1.807, 2.05) is 6.07 Å². The van der Waals surface area contributed by atoms with E-state index in [2.05, 4.69) is 5.32 Å². The first-order valence-corrected chi connectivity index (χ1v) is 5.17. The zero-order valence-corrected chi connectivity index (χ0v) is 8.86. The molecule has 17 heavy (non-hydrogen) atoms. The molecule has 0 radical (unpaired) electrons. The topological polar surface area (TPSA) is 64.6 Å². The molecular formula is C12H9NO4. The minimum absolute atomic E-state index is 0.132. The largest absolute Gasteiger partial charge is 0.454 e. The third-order valence-corrected chi connectivity index (χ3v) is 2.63. The molecule has 0 atom stereocenters. The number of amides is 2. The highest BCUT2D eigenvalue weighted by Gasteiger charge is 2.23. The van der Waals surface area contributed by atoms with E-state index in [1.54, 1.807) is 18.2 Å². The van der Waals surface area contributed by atoms with Gasteiger partial charge in [-0.15, -0.1) is 0 Å². The van der Waals surface area contributed by atoms with Crippen molar-refractivity contribution in [3.8, 4) is 11.5 Å². The van der Waals surface area contributed by atoms with Crippen molar-refractivity contribution in [3.63, 3.8) is 0 Å². The number of hydrogen-bond acceptors (Lipinski definition) is 4. The fraction of sp³-hybridized carbons (Fsp3) is 0.167. The number of nitrogens with one attached hydrogen (secondary N) is 1. The van der Waals surface area contributed by atoms with E-state index in [0.29, 0.717) is 17.1 Å². The molecule has 2 aliphatic heterocycles. The standard InChI is InChI=1S/C12H9NO4/c14-11-5-8(12(15)13-11)3-7-1-2-9-10(4-7)17-6-16-9/h1-4H,5-6H2,(H,13,14,15)/b8-3-. The summed E-state index contributed by atoms with van der Waals surface area (Å²) in [7, 11) is 0. The average Bonchev–Trinajstić information content (AvgIpc) is 2.85. The number of benzene rings is 1. The molecule has 0 unspecified atom stereocenters. The summed E-state index contributed by atoms with van der Waals surface area (Å²) < 4.78 is 10.4. The molecule has 5 nitrogen and oxygen atoms in total. The van der Waals surface area contributed by atoms with Crippen LogP contribution in [0.3, 0.4) is 0 Å². The lowest BCUT2D eigenvalue weighted by atomic mass is 10.1. The van der Waals surface area contributed by atoms with Crippen molar-refractivity contribution in [2.45, 2.75) is 6.42 Å². The van der Waals surface area contributed by atoms with Gasteiger partial charge in [0.15, 0.2) is 11.5 Å². The Bertz CT molecular complexity index is 547. The highest BCUT2D eigenvalue weighted by atomic mass is 16.7. The number of hydrogen-bond donors (Lipinski definition) is 1. The van der Waals surface area contributed by atoms with Crippen molar-refractivity contribution in [2.24, 2.45) is 0 Å². The van der Waals surface area contributed by atoms with Crippen LogP contribution in [0.5, 0.6) is 11.5 Å². The Morgan fingerprint density at radius 3 is 2.76 bits per heavy atom. The smallest absolute Gasteiger partial charge is 0.254 e. The molecule has 2 heterocycles. The predicted molar refractivity (Wildman–Crippen MR) is 58.3 cm³/mol. The van der Waals surface area contributed by atoms with Crippen LogP contribution in [0.1, 0.15) is 12.0 Å². The minimum atomic E-state index is -0.326. The molecule has 2 aliphatic rings. The Morgan fingerprint density at radius 1 is 1.18 bits per heavy atom. The van der Waals surface area contributed by atoms with Gasteiger partial charge in [-0.3, -0.25) is 14.9 Å². The quantitative estimate of drug-likeness (QED) is 0.574. The van der Waals surface area contributed by atoms with Crippen LogP contribution in [-0.4, -0.2) is 18.6 Å². The van der Waals surface area contributed by atoms with Gasteiger partial charge in [0.2, 0.25) is 12.7 Å². The fourth-order valence-corrected chi connectivity index (χ4v) is 1.83. The first-order chi connectivity index (χ1) is 8.22. The Labute approximate surface area is 97.0 Å². The summed E-state index contributed by atoms with van der Waals surface area (Å²) in [6.07, 6.45) is 1.81. The predicted octanol–water partition coefficient (Wildman–Crippen LogP) is 0.845. The Hall–Kier alpha value is -2.30. The van der Waals surface area contributed by atoms with Gasteiger partial charge in [-0.2, -0.15) is 0 Å². The van der Waals surface area contributed by atoms with E-state index in [-0.39, 0.29) is 25.0 Å². The van der Waals surface area contributed by atoms with Gasteiger partial charge in [0, 0.05) is 5.57 Å². The van der Waals surface area contributed by atoms with Gasteiger partial charge in [-0.25, -0.2) is 0 Å². The van der Waals surface area contributed by atoms with Crippen LogP contribution < -0.4 is 14.8 Å². The van der Waals surface area contributed by atoms with E-state index in [9.17, 15) is 9.59 Å². The number of imide groups is 1. The van der Waals surface area contributed by atoms with E-state index in [4.69, 9.17) is 9.47 Å². The molecule has 0 aliphatic carbocycles. The Morgan fingerprint density at radius 2 is 2.00 bits per heavy atom. The maximum atomic E-state index is 11.4. The number of fused-ring (bicyclic) bond motifs is 1. The van der Waals surface area contributed by atoms with Crippen molar-refractivity contribution in [1.29, 1.82) is 0 Å². The summed E-state index contributed by atoms with van der Waals surface area (Å²) in [4.78, 5) is 22.4. The molecule has 1 fully saturated rings. The van der Waals surface area contributed by atoms with Gasteiger partial charge in [0.1, 0.15) is 0 Å². The third-order valence-electron chi connectivity index (χ3n) is 2.63. The van der Waals surface area contributed by atoms with E-state index in [1.165, 1.54) is 0 Å². The molecule has 0 aromatic heterocycles. The second-order valence-electron chi connectivity index (χ2n) is 3.84. The van der Waals surface area contributed by atoms with Crippen LogP contribution in [0.25, 0.3) is 6.08 Å². The van der Waals surface area contributed by atoms with Crippen LogP contribution in [0.2, 0.25) is 0 Å². The van der Waals surface area contributed by atoms with Gasteiger partial charge in [-0.1, -0.05) is 6.07 Å². The maximum Gasteiger partial charge on any atom is 0.254 e. The van der Waals surface area contributed by atoms with Gasteiger partial charge >= 0.3 is 0 Å². The van der Waals surface area contributed by atoms with E-state index >= 15 is 0 Å². The van der Waals surface area contributed by atoms with Gasteiger partial charge < -0.3 is 9.47 Å². The summed E-state index contributed by atoms with van der Waals surface area (Å²) in [5, 5.41) is 2.24. The molecule has 1 saturated heterocycles. The monoisotopic (exact) mass is 231 g/mol. The molecule has 0 spiro atoms. The van der Waals surface area contributed by atoms with Crippen molar-refractivity contribution in [2.75, 3.05) is 6.79 Å². The number of ether oxygens (including phenoxy) is 2. The average molecular weight is 231 g/mol. The lowest BCUT2D eigenvalue weighted by Crippen LogP contribution is -2.19. The third kappa shape index (κ3) is 1.75. The van der Waals surface area contributed by atoms with Crippen LogP contribution in [-0.2, 0) is 9.59 Å². The summed E-state index contributed by atoms with van der Waals surface area (Å²) in [5.74, 6) is 0.762. The van der Waals surface area contributed by atoms with E-state index in [0.717, 1.165) is 5.56 Å². The van der Waals surface area contributed by atoms with E-state index < -0.39 is 0 Å². The van der Waals surface area contributed by atoms with Gasteiger partial charge in [-0.05, 0) is 23.8 Å². The molecular weight excluding hydrogens is 222 g/mol. The zero-order chi connectivity index (χ0) is 11.8.